The van der Waals surface area contributed by atoms with Crippen LogP contribution in [0.3, 0.4) is 0 Å². The minimum Gasteiger partial charge on any atom is -0.343 e. The zero-order valence-electron chi connectivity index (χ0n) is 26.3. The molecule has 2 saturated heterocycles. The van der Waals surface area contributed by atoms with Gasteiger partial charge < -0.3 is 14.4 Å². The average molecular weight is 780 g/mol. The van der Waals surface area contributed by atoms with E-state index in [2.05, 4.69) is 53.9 Å². The molecule has 244 valence electrons. The largest absolute Gasteiger partial charge is 0.343 e. The highest BCUT2D eigenvalue weighted by Crippen LogP contribution is 2.46. The third kappa shape index (κ3) is 7.22. The Kier molecular flexibility index (Phi) is 9.85. The van der Waals surface area contributed by atoms with Crippen molar-refractivity contribution in [3.63, 3.8) is 0 Å². The predicted molar refractivity (Wildman–Crippen MR) is 191 cm³/mol. The number of carbonyl (C=O) groups is 2. The predicted octanol–water partition coefficient (Wildman–Crippen LogP) is 7.92. The summed E-state index contributed by atoms with van der Waals surface area (Å²) < 4.78 is 3.91. The summed E-state index contributed by atoms with van der Waals surface area (Å²) >= 11 is 14.0. The molecule has 0 saturated carbocycles. The number of rotatable bonds is 6. The van der Waals surface area contributed by atoms with Gasteiger partial charge in [0.15, 0.2) is 0 Å². The van der Waals surface area contributed by atoms with Gasteiger partial charge in [0, 0.05) is 70.4 Å². The van der Waals surface area contributed by atoms with Crippen LogP contribution in [0, 0.1) is 11.8 Å². The molecule has 47 heavy (non-hydrogen) atoms. The first-order chi connectivity index (χ1) is 22.8. The molecule has 2 amide bonds. The summed E-state index contributed by atoms with van der Waals surface area (Å²) in [7, 11) is 0. The molecule has 0 spiro atoms. The number of amides is 2. The number of nitrogens with zero attached hydrogens (tertiary/aromatic N) is 5. The van der Waals surface area contributed by atoms with Crippen LogP contribution >= 0.6 is 43.5 Å². The van der Waals surface area contributed by atoms with Crippen molar-refractivity contribution in [1.29, 1.82) is 0 Å². The summed E-state index contributed by atoms with van der Waals surface area (Å²) in [5.74, 6) is 1.21. The lowest BCUT2D eigenvalue weighted by atomic mass is 9.76. The van der Waals surface area contributed by atoms with E-state index in [1.54, 1.807) is 6.33 Å². The van der Waals surface area contributed by atoms with Gasteiger partial charge in [0.25, 0.3) is 0 Å². The Morgan fingerprint density at radius 3 is 2.32 bits per heavy atom. The van der Waals surface area contributed by atoms with Gasteiger partial charge in [-0.15, -0.1) is 0 Å². The van der Waals surface area contributed by atoms with Crippen molar-refractivity contribution in [3.8, 4) is 11.3 Å². The van der Waals surface area contributed by atoms with Crippen LogP contribution in [0.15, 0.2) is 76.2 Å². The van der Waals surface area contributed by atoms with E-state index >= 15 is 0 Å². The lowest BCUT2D eigenvalue weighted by Crippen LogP contribution is -2.43. The number of hydrogen-bond acceptors (Lipinski definition) is 4. The second kappa shape index (κ2) is 14.2. The first-order valence-corrected chi connectivity index (χ1v) is 18.5. The molecule has 0 unspecified atom stereocenters. The molecule has 0 radical (unpaired) electrons. The molecule has 2 aliphatic heterocycles. The fourth-order valence-corrected chi connectivity index (χ4v) is 9.23. The molecule has 2 fully saturated rings. The van der Waals surface area contributed by atoms with Gasteiger partial charge in [0.1, 0.15) is 6.54 Å². The highest BCUT2D eigenvalue weighted by atomic mass is 79.9. The van der Waals surface area contributed by atoms with Gasteiger partial charge in [-0.1, -0.05) is 57.9 Å². The molecule has 4 aromatic rings. The molecule has 4 heterocycles. The van der Waals surface area contributed by atoms with E-state index in [0.717, 1.165) is 82.5 Å². The second-order valence-electron chi connectivity index (χ2n) is 13.2. The minimum absolute atomic E-state index is 0.103. The molecule has 10 heteroatoms. The van der Waals surface area contributed by atoms with Gasteiger partial charge in [0.05, 0.1) is 17.7 Å². The van der Waals surface area contributed by atoms with E-state index in [1.807, 2.05) is 58.3 Å². The van der Waals surface area contributed by atoms with E-state index in [1.165, 1.54) is 16.7 Å². The Labute approximate surface area is 298 Å². The van der Waals surface area contributed by atoms with Crippen molar-refractivity contribution in [2.24, 2.45) is 11.8 Å². The summed E-state index contributed by atoms with van der Waals surface area (Å²) in [5, 5.41) is 0.751. The third-order valence-corrected chi connectivity index (χ3v) is 11.5. The number of likely N-dealkylation sites (tertiary alicyclic amines) is 2. The number of benzene rings is 2. The maximum absolute atomic E-state index is 13.5. The molecule has 2 aromatic carbocycles. The zero-order valence-corrected chi connectivity index (χ0v) is 30.2. The number of halogens is 3. The topological polar surface area (TPSA) is 71.3 Å². The molecule has 7 nitrogen and oxygen atoms in total. The Hall–Kier alpha value is -3.01. The summed E-state index contributed by atoms with van der Waals surface area (Å²) in [6, 6.07) is 16.3. The number of hydrogen-bond donors (Lipinski definition) is 0. The van der Waals surface area contributed by atoms with E-state index in [9.17, 15) is 9.59 Å². The Morgan fingerprint density at radius 2 is 1.55 bits per heavy atom. The van der Waals surface area contributed by atoms with Crippen molar-refractivity contribution < 1.29 is 9.59 Å². The van der Waals surface area contributed by atoms with E-state index in [0.29, 0.717) is 31.3 Å². The van der Waals surface area contributed by atoms with Crippen LogP contribution in [0.4, 0.5) is 0 Å². The smallest absolute Gasteiger partial charge is 0.242 e. The maximum Gasteiger partial charge on any atom is 0.242 e. The average Bonchev–Trinajstić information content (AvgIpc) is 3.48. The van der Waals surface area contributed by atoms with Crippen molar-refractivity contribution in [1.82, 2.24) is 24.3 Å². The molecule has 0 bridgehead atoms. The van der Waals surface area contributed by atoms with Crippen molar-refractivity contribution in [2.75, 3.05) is 26.2 Å². The van der Waals surface area contributed by atoms with Crippen LogP contribution in [-0.4, -0.2) is 62.3 Å². The number of carbonyl (C=O) groups excluding carboxylic acids is 2. The number of pyridine rings is 1. The standard InChI is InChI=1S/C37H38Br2ClN5O2/c38-29-17-28-7-6-27-18-30(40)19-31(39)35(27)36(37(28)41-20-29)26-10-14-44(15-11-26)33(46)16-24-8-12-45(13-9-24)34(47)22-43-21-32(42-23-43)25-4-2-1-3-5-25/h1-5,17-21,23-24,26,36H,6-16,22H2/t36-/m1/s1. The Morgan fingerprint density at radius 1 is 0.851 bits per heavy atom. The SMILES string of the molecule is O=C(CC1CCN(C(=O)Cn2cnc(-c3ccccc3)c2)CC1)N1CCC([C@H]2c3ncc(Br)cc3CCc3cc(Cl)cc(Br)c32)CC1. The van der Waals surface area contributed by atoms with Crippen molar-refractivity contribution >= 4 is 55.3 Å². The summed E-state index contributed by atoms with van der Waals surface area (Å²) in [6.07, 6.45) is 11.6. The monoisotopic (exact) mass is 777 g/mol. The van der Waals surface area contributed by atoms with Gasteiger partial charge in [-0.3, -0.25) is 14.6 Å². The van der Waals surface area contributed by atoms with Crippen molar-refractivity contribution in [3.05, 3.63) is 104 Å². The molecule has 2 aromatic heterocycles. The van der Waals surface area contributed by atoms with Gasteiger partial charge in [-0.25, -0.2) is 4.98 Å². The number of imidazole rings is 1. The molecule has 3 aliphatic rings. The van der Waals surface area contributed by atoms with Crippen LogP contribution in [0.2, 0.25) is 5.02 Å². The molecule has 7 rings (SSSR count). The van der Waals surface area contributed by atoms with Crippen LogP contribution in [0.25, 0.3) is 11.3 Å². The quantitative estimate of drug-likeness (QED) is 0.200. The van der Waals surface area contributed by atoms with Crippen LogP contribution in [0.5, 0.6) is 0 Å². The highest BCUT2D eigenvalue weighted by Gasteiger charge is 2.37. The van der Waals surface area contributed by atoms with Gasteiger partial charge in [-0.2, -0.15) is 0 Å². The first-order valence-electron chi connectivity index (χ1n) is 16.6. The van der Waals surface area contributed by atoms with E-state index in [4.69, 9.17) is 16.6 Å². The number of aryl methyl sites for hydroxylation is 2. The first kappa shape index (κ1) is 32.5. The lowest BCUT2D eigenvalue weighted by molar-refractivity contribution is -0.135. The summed E-state index contributed by atoms with van der Waals surface area (Å²) in [6.45, 7) is 3.20. The number of fused-ring (bicyclic) bond motifs is 2. The highest BCUT2D eigenvalue weighted by molar-refractivity contribution is 9.10. The van der Waals surface area contributed by atoms with E-state index in [-0.39, 0.29) is 24.3 Å². The summed E-state index contributed by atoms with van der Waals surface area (Å²) in [4.78, 5) is 40.0. The van der Waals surface area contributed by atoms with Gasteiger partial charge >= 0.3 is 0 Å². The minimum atomic E-state index is 0.103. The number of aromatic nitrogens is 3. The van der Waals surface area contributed by atoms with Gasteiger partial charge in [-0.05, 0) is 101 Å². The fraction of sp³-hybridized carbons (Fsp3) is 0.405. The number of piperidine rings is 2. The molecule has 0 N–H and O–H groups in total. The Bertz CT molecular complexity index is 1760. The molecular formula is C37H38Br2ClN5O2. The maximum atomic E-state index is 13.5. The third-order valence-electron chi connectivity index (χ3n) is 10.2. The van der Waals surface area contributed by atoms with Gasteiger partial charge in [0.2, 0.25) is 11.8 Å². The van der Waals surface area contributed by atoms with Crippen LogP contribution < -0.4 is 0 Å². The van der Waals surface area contributed by atoms with Crippen LogP contribution in [-0.2, 0) is 29.0 Å². The molecular weight excluding hydrogens is 742 g/mol. The Balaban J connectivity index is 0.932. The molecule has 1 aliphatic carbocycles. The van der Waals surface area contributed by atoms with Crippen LogP contribution in [0.1, 0.15) is 60.4 Å². The molecule has 1 atom stereocenters. The normalized spacial score (nSPS) is 18.8. The fourth-order valence-electron chi connectivity index (χ4n) is 7.74. The van der Waals surface area contributed by atoms with E-state index < -0.39 is 0 Å². The lowest BCUT2D eigenvalue weighted by Gasteiger charge is -2.38. The van der Waals surface area contributed by atoms with Crippen molar-refractivity contribution in [2.45, 2.75) is 57.4 Å². The zero-order chi connectivity index (χ0) is 32.5. The summed E-state index contributed by atoms with van der Waals surface area (Å²) in [5.41, 5.74) is 6.94. The second-order valence-corrected chi connectivity index (χ2v) is 15.4.